The molecule has 1 unspecified atom stereocenters. The quantitative estimate of drug-likeness (QED) is 0.375. The lowest BCUT2D eigenvalue weighted by Crippen LogP contribution is -2.30. The van der Waals surface area contributed by atoms with Crippen LogP contribution in [0, 0.1) is 0 Å². The molecule has 2 aliphatic carbocycles. The SMILES string of the molecule is CC1(C)CCC2CC(C)(C)c3ccc(cc3)C(=O)c3ccc(cc32)Oc2ccc(cc2)O1. The summed E-state index contributed by atoms with van der Waals surface area (Å²) in [5, 5.41) is 0. The van der Waals surface area contributed by atoms with E-state index in [0.717, 1.165) is 53.2 Å². The molecule has 3 aromatic rings. The summed E-state index contributed by atoms with van der Waals surface area (Å²) in [4.78, 5) is 13.5. The predicted octanol–water partition coefficient (Wildman–Crippen LogP) is 7.43. The molecule has 32 heavy (non-hydrogen) atoms. The number of hydrogen-bond donors (Lipinski definition) is 0. The van der Waals surface area contributed by atoms with Gasteiger partial charge in [-0.2, -0.15) is 0 Å². The van der Waals surface area contributed by atoms with Gasteiger partial charge in [-0.05, 0) is 98.0 Å². The van der Waals surface area contributed by atoms with Gasteiger partial charge in [-0.15, -0.1) is 0 Å². The lowest BCUT2D eigenvalue weighted by atomic mass is 9.71. The number of rotatable bonds is 0. The molecule has 3 aromatic carbocycles. The van der Waals surface area contributed by atoms with E-state index in [1.807, 2.05) is 48.5 Å². The zero-order valence-corrected chi connectivity index (χ0v) is 19.3. The Labute approximate surface area is 190 Å². The fraction of sp³-hybridized carbons (Fsp3) is 0.345. The van der Waals surface area contributed by atoms with Gasteiger partial charge in [0, 0.05) is 11.1 Å². The van der Waals surface area contributed by atoms with Crippen molar-refractivity contribution >= 4 is 5.78 Å². The minimum atomic E-state index is -0.321. The van der Waals surface area contributed by atoms with Crippen molar-refractivity contribution in [1.82, 2.24) is 0 Å². The van der Waals surface area contributed by atoms with Crippen molar-refractivity contribution in [2.45, 2.75) is 63.9 Å². The van der Waals surface area contributed by atoms with Crippen LogP contribution in [0.5, 0.6) is 17.2 Å². The Bertz CT molecular complexity index is 1150. The highest BCUT2D eigenvalue weighted by atomic mass is 16.5. The molecular weight excluding hydrogens is 396 g/mol. The normalized spacial score (nSPS) is 20.9. The summed E-state index contributed by atoms with van der Waals surface area (Å²) in [7, 11) is 0. The van der Waals surface area contributed by atoms with Gasteiger partial charge in [0.15, 0.2) is 5.78 Å². The standard InChI is InChI=1S/C29H30O3/c1-28(2)18-20-15-16-29(3,4)32-23-11-9-22(10-12-23)31-24-13-14-25(26(20)17-24)27(30)19-5-7-21(28)8-6-19/h5-14,17,20H,15-16,18H2,1-4H3. The van der Waals surface area contributed by atoms with Gasteiger partial charge in [-0.1, -0.05) is 38.1 Å². The van der Waals surface area contributed by atoms with Gasteiger partial charge in [0.2, 0.25) is 0 Å². The van der Waals surface area contributed by atoms with Gasteiger partial charge in [0.05, 0.1) is 0 Å². The largest absolute Gasteiger partial charge is 0.488 e. The summed E-state index contributed by atoms with van der Waals surface area (Å²) in [5.41, 5.74) is 3.50. The highest BCUT2D eigenvalue weighted by Gasteiger charge is 2.33. The minimum absolute atomic E-state index is 0.0255. The maximum atomic E-state index is 13.5. The molecule has 2 heterocycles. The number of fused-ring (bicyclic) bond motifs is 8. The molecule has 0 saturated carbocycles. The molecule has 0 radical (unpaired) electrons. The molecule has 0 spiro atoms. The van der Waals surface area contributed by atoms with Crippen molar-refractivity contribution in [3.8, 4) is 17.2 Å². The zero-order chi connectivity index (χ0) is 22.5. The van der Waals surface area contributed by atoms with Crippen LogP contribution in [0.4, 0.5) is 0 Å². The second-order valence-electron chi connectivity index (χ2n) is 10.4. The number of ketones is 1. The van der Waals surface area contributed by atoms with Crippen LogP contribution in [-0.4, -0.2) is 11.4 Å². The van der Waals surface area contributed by atoms with E-state index in [9.17, 15) is 4.79 Å². The molecular formula is C29H30O3. The Morgan fingerprint density at radius 2 is 1.47 bits per heavy atom. The van der Waals surface area contributed by atoms with Crippen molar-refractivity contribution in [1.29, 1.82) is 0 Å². The number of hydrogen-bond acceptors (Lipinski definition) is 3. The molecule has 0 amide bonds. The van der Waals surface area contributed by atoms with E-state index >= 15 is 0 Å². The average molecular weight is 427 g/mol. The summed E-state index contributed by atoms with van der Waals surface area (Å²) in [6.07, 6.45) is 2.75. The number of carbonyl (C=O) groups is 1. The van der Waals surface area contributed by atoms with E-state index in [1.165, 1.54) is 5.56 Å². The van der Waals surface area contributed by atoms with Gasteiger partial charge in [0.25, 0.3) is 0 Å². The Morgan fingerprint density at radius 3 is 2.19 bits per heavy atom. The fourth-order valence-electron chi connectivity index (χ4n) is 5.08. The second kappa shape index (κ2) is 7.51. The van der Waals surface area contributed by atoms with Crippen LogP contribution in [-0.2, 0) is 5.41 Å². The topological polar surface area (TPSA) is 35.5 Å². The third kappa shape index (κ3) is 3.92. The Hall–Kier alpha value is -3.07. The first-order valence-electron chi connectivity index (χ1n) is 11.5. The van der Waals surface area contributed by atoms with Crippen LogP contribution in [0.1, 0.15) is 79.9 Å². The molecule has 6 bridgehead atoms. The highest BCUT2D eigenvalue weighted by Crippen LogP contribution is 2.43. The van der Waals surface area contributed by atoms with Crippen molar-refractivity contribution in [3.63, 3.8) is 0 Å². The molecule has 1 atom stereocenters. The Morgan fingerprint density at radius 1 is 0.812 bits per heavy atom. The number of ether oxygens (including phenoxy) is 2. The molecule has 2 aliphatic heterocycles. The van der Waals surface area contributed by atoms with Crippen LogP contribution >= 0.6 is 0 Å². The first kappa shape index (κ1) is 20.8. The molecule has 0 N–H and O–H groups in total. The lowest BCUT2D eigenvalue weighted by molar-refractivity contribution is 0.0931. The van der Waals surface area contributed by atoms with Gasteiger partial charge in [-0.3, -0.25) is 4.79 Å². The van der Waals surface area contributed by atoms with E-state index in [2.05, 4.69) is 45.9 Å². The maximum Gasteiger partial charge on any atom is 0.193 e. The molecule has 0 aromatic heterocycles. The highest BCUT2D eigenvalue weighted by molar-refractivity contribution is 6.10. The molecule has 7 rings (SSSR count). The van der Waals surface area contributed by atoms with Crippen molar-refractivity contribution in [2.24, 2.45) is 0 Å². The van der Waals surface area contributed by atoms with Crippen LogP contribution in [0.15, 0.2) is 66.7 Å². The van der Waals surface area contributed by atoms with Crippen LogP contribution in [0.25, 0.3) is 0 Å². The van der Waals surface area contributed by atoms with E-state index in [0.29, 0.717) is 0 Å². The Balaban J connectivity index is 1.68. The number of benzene rings is 3. The smallest absolute Gasteiger partial charge is 0.193 e. The lowest BCUT2D eigenvalue weighted by Gasteiger charge is -2.35. The number of carbonyl (C=O) groups excluding carboxylic acids is 1. The van der Waals surface area contributed by atoms with E-state index in [-0.39, 0.29) is 22.7 Å². The minimum Gasteiger partial charge on any atom is -0.488 e. The fourth-order valence-corrected chi connectivity index (χ4v) is 5.08. The first-order chi connectivity index (χ1) is 15.2. The summed E-state index contributed by atoms with van der Waals surface area (Å²) >= 11 is 0. The van der Waals surface area contributed by atoms with Gasteiger partial charge in [0.1, 0.15) is 22.8 Å². The van der Waals surface area contributed by atoms with Gasteiger partial charge < -0.3 is 9.47 Å². The Kier molecular flexibility index (Phi) is 4.88. The molecule has 164 valence electrons. The van der Waals surface area contributed by atoms with Gasteiger partial charge in [-0.25, -0.2) is 0 Å². The summed E-state index contributed by atoms with van der Waals surface area (Å²) in [6.45, 7) is 8.88. The van der Waals surface area contributed by atoms with Gasteiger partial charge >= 0.3 is 0 Å². The summed E-state index contributed by atoms with van der Waals surface area (Å²) < 4.78 is 12.5. The molecule has 3 nitrogen and oxygen atoms in total. The molecule has 0 saturated heterocycles. The predicted molar refractivity (Wildman–Crippen MR) is 127 cm³/mol. The van der Waals surface area contributed by atoms with Crippen LogP contribution < -0.4 is 9.47 Å². The maximum absolute atomic E-state index is 13.5. The van der Waals surface area contributed by atoms with E-state index in [4.69, 9.17) is 9.47 Å². The first-order valence-corrected chi connectivity index (χ1v) is 11.5. The molecule has 3 heteroatoms. The van der Waals surface area contributed by atoms with Crippen molar-refractivity contribution in [3.05, 3.63) is 89.0 Å². The molecule has 0 fully saturated rings. The third-order valence-electron chi connectivity index (χ3n) is 6.94. The summed E-state index contributed by atoms with van der Waals surface area (Å²) in [5.74, 6) is 2.64. The molecule has 4 aliphatic rings. The van der Waals surface area contributed by atoms with Crippen LogP contribution in [0.2, 0.25) is 0 Å². The van der Waals surface area contributed by atoms with Crippen molar-refractivity contribution in [2.75, 3.05) is 0 Å². The monoisotopic (exact) mass is 426 g/mol. The second-order valence-corrected chi connectivity index (χ2v) is 10.4. The zero-order valence-electron chi connectivity index (χ0n) is 19.3. The van der Waals surface area contributed by atoms with E-state index in [1.54, 1.807) is 0 Å². The average Bonchev–Trinajstić information content (AvgIpc) is 2.77. The third-order valence-corrected chi connectivity index (χ3v) is 6.94. The van der Waals surface area contributed by atoms with Crippen molar-refractivity contribution < 1.29 is 14.3 Å². The van der Waals surface area contributed by atoms with E-state index < -0.39 is 0 Å². The van der Waals surface area contributed by atoms with Crippen LogP contribution in [0.3, 0.4) is 0 Å². The summed E-state index contributed by atoms with van der Waals surface area (Å²) in [6, 6.07) is 21.9.